The van der Waals surface area contributed by atoms with Crippen LogP contribution in [0.3, 0.4) is 0 Å². The topological polar surface area (TPSA) is 56.0 Å². The molecule has 5 nitrogen and oxygen atoms in total. The van der Waals surface area contributed by atoms with Gasteiger partial charge in [0.1, 0.15) is 11.9 Å². The fourth-order valence-electron chi connectivity index (χ4n) is 2.53. The minimum absolute atomic E-state index is 0.489. The van der Waals surface area contributed by atoms with Gasteiger partial charge >= 0.3 is 0 Å². The van der Waals surface area contributed by atoms with E-state index in [2.05, 4.69) is 31.2 Å². The first-order chi connectivity index (χ1) is 10.7. The lowest BCUT2D eigenvalue weighted by Crippen LogP contribution is -2.31. The van der Waals surface area contributed by atoms with Gasteiger partial charge in [0.05, 0.1) is 16.3 Å². The largest absolute Gasteiger partial charge is 0.354 e. The maximum absolute atomic E-state index is 8.90. The summed E-state index contributed by atoms with van der Waals surface area (Å²) in [6, 6.07) is 3.74. The summed E-state index contributed by atoms with van der Waals surface area (Å²) in [4.78, 5) is 13.4. The second-order valence-electron chi connectivity index (χ2n) is 5.24. The molecule has 0 N–H and O–H groups in total. The molecule has 7 heteroatoms. The summed E-state index contributed by atoms with van der Waals surface area (Å²) in [7, 11) is 0. The van der Waals surface area contributed by atoms with Crippen LogP contribution in [0.5, 0.6) is 0 Å². The fraction of sp³-hybridized carbons (Fsp3) is 0.400. The van der Waals surface area contributed by atoms with Crippen molar-refractivity contribution in [1.29, 1.82) is 5.26 Å². The molecule has 1 saturated heterocycles. The zero-order chi connectivity index (χ0) is 15.5. The van der Waals surface area contributed by atoms with Crippen LogP contribution in [0.4, 0.5) is 10.9 Å². The molecule has 1 aliphatic heterocycles. The summed E-state index contributed by atoms with van der Waals surface area (Å²) < 4.78 is 0. The van der Waals surface area contributed by atoms with Gasteiger partial charge in [0.2, 0.25) is 0 Å². The van der Waals surface area contributed by atoms with Gasteiger partial charge in [0.15, 0.2) is 5.13 Å². The van der Waals surface area contributed by atoms with Gasteiger partial charge in [0.25, 0.3) is 0 Å². The van der Waals surface area contributed by atoms with Crippen LogP contribution < -0.4 is 9.80 Å². The maximum Gasteiger partial charge on any atom is 0.185 e. The molecule has 0 amide bonds. The van der Waals surface area contributed by atoms with E-state index in [0.29, 0.717) is 10.6 Å². The first kappa shape index (κ1) is 15.1. The molecule has 1 fully saturated rings. The molecule has 0 aliphatic carbocycles. The Morgan fingerprint density at radius 3 is 2.73 bits per heavy atom. The van der Waals surface area contributed by atoms with Crippen LogP contribution in [-0.4, -0.2) is 36.1 Å². The number of nitrogens with zero attached hydrogens (tertiary/aromatic N) is 5. The van der Waals surface area contributed by atoms with Crippen molar-refractivity contribution in [2.24, 2.45) is 0 Å². The SMILES string of the molecule is Cc1csc(N2CCCN(c3ncc(C#N)cc3Cl)CC2)n1. The molecule has 0 aromatic carbocycles. The highest BCUT2D eigenvalue weighted by Crippen LogP contribution is 2.27. The van der Waals surface area contributed by atoms with Crippen molar-refractivity contribution in [1.82, 2.24) is 9.97 Å². The predicted molar refractivity (Wildman–Crippen MR) is 89.9 cm³/mol. The van der Waals surface area contributed by atoms with Crippen molar-refractivity contribution in [2.45, 2.75) is 13.3 Å². The van der Waals surface area contributed by atoms with Crippen molar-refractivity contribution in [3.63, 3.8) is 0 Å². The monoisotopic (exact) mass is 333 g/mol. The number of hydrogen-bond donors (Lipinski definition) is 0. The van der Waals surface area contributed by atoms with Crippen LogP contribution in [-0.2, 0) is 0 Å². The zero-order valence-corrected chi connectivity index (χ0v) is 13.9. The first-order valence-electron chi connectivity index (χ1n) is 7.15. The lowest BCUT2D eigenvalue weighted by Gasteiger charge is -2.23. The highest BCUT2D eigenvalue weighted by Gasteiger charge is 2.19. The van der Waals surface area contributed by atoms with E-state index in [-0.39, 0.29) is 0 Å². The number of aromatic nitrogens is 2. The smallest absolute Gasteiger partial charge is 0.185 e. The van der Waals surface area contributed by atoms with Crippen molar-refractivity contribution in [3.8, 4) is 6.07 Å². The number of pyridine rings is 1. The van der Waals surface area contributed by atoms with Gasteiger partial charge in [-0.1, -0.05) is 11.6 Å². The molecular formula is C15H16ClN5S. The molecule has 22 heavy (non-hydrogen) atoms. The van der Waals surface area contributed by atoms with Gasteiger partial charge in [-0.05, 0) is 19.4 Å². The molecule has 0 radical (unpaired) electrons. The molecule has 3 heterocycles. The molecular weight excluding hydrogens is 318 g/mol. The van der Waals surface area contributed by atoms with Gasteiger partial charge < -0.3 is 9.80 Å². The number of anilines is 2. The van der Waals surface area contributed by atoms with Gasteiger partial charge in [-0.15, -0.1) is 11.3 Å². The lowest BCUT2D eigenvalue weighted by molar-refractivity contribution is 0.797. The van der Waals surface area contributed by atoms with Crippen LogP contribution in [0, 0.1) is 18.3 Å². The highest BCUT2D eigenvalue weighted by molar-refractivity contribution is 7.13. The van der Waals surface area contributed by atoms with E-state index in [1.165, 1.54) is 0 Å². The molecule has 3 rings (SSSR count). The molecule has 0 spiro atoms. The van der Waals surface area contributed by atoms with E-state index < -0.39 is 0 Å². The summed E-state index contributed by atoms with van der Waals surface area (Å²) in [5.74, 6) is 0.762. The summed E-state index contributed by atoms with van der Waals surface area (Å²) in [6.07, 6.45) is 2.60. The Kier molecular flexibility index (Phi) is 4.46. The minimum atomic E-state index is 0.489. The zero-order valence-electron chi connectivity index (χ0n) is 12.3. The second kappa shape index (κ2) is 6.51. The average molecular weight is 334 g/mol. The third kappa shape index (κ3) is 3.16. The molecule has 2 aromatic heterocycles. The normalized spacial score (nSPS) is 15.5. The summed E-state index contributed by atoms with van der Waals surface area (Å²) in [6.45, 7) is 5.64. The molecule has 2 aromatic rings. The number of hydrogen-bond acceptors (Lipinski definition) is 6. The van der Waals surface area contributed by atoms with Crippen molar-refractivity contribution in [3.05, 3.63) is 33.9 Å². The van der Waals surface area contributed by atoms with Crippen LogP contribution in [0.15, 0.2) is 17.6 Å². The van der Waals surface area contributed by atoms with Gasteiger partial charge in [-0.25, -0.2) is 9.97 Å². The van der Waals surface area contributed by atoms with Crippen molar-refractivity contribution < 1.29 is 0 Å². The molecule has 114 valence electrons. The van der Waals surface area contributed by atoms with E-state index >= 15 is 0 Å². The molecule has 0 bridgehead atoms. The second-order valence-corrected chi connectivity index (χ2v) is 6.48. The molecule has 0 saturated carbocycles. The standard InChI is InChI=1S/C15H16ClN5S/c1-11-10-22-15(19-11)21-4-2-3-20(5-6-21)14-13(16)7-12(8-17)9-18-14/h7,9-10H,2-6H2,1H3. The Hall–Kier alpha value is -1.84. The lowest BCUT2D eigenvalue weighted by atomic mass is 10.3. The molecule has 0 atom stereocenters. The average Bonchev–Trinajstić information content (AvgIpc) is 2.81. The number of nitriles is 1. The van der Waals surface area contributed by atoms with Gasteiger partial charge in [-0.2, -0.15) is 5.26 Å². The Balaban J connectivity index is 1.74. The highest BCUT2D eigenvalue weighted by atomic mass is 35.5. The summed E-state index contributed by atoms with van der Waals surface area (Å²) >= 11 is 7.96. The van der Waals surface area contributed by atoms with Crippen LogP contribution in [0.25, 0.3) is 0 Å². The third-order valence-electron chi connectivity index (χ3n) is 3.62. The predicted octanol–water partition coefficient (Wildman–Crippen LogP) is 3.09. The maximum atomic E-state index is 8.90. The Labute approximate surface area is 138 Å². The van der Waals surface area contributed by atoms with E-state index in [1.54, 1.807) is 23.6 Å². The minimum Gasteiger partial charge on any atom is -0.354 e. The molecule has 0 unspecified atom stereocenters. The Morgan fingerprint density at radius 2 is 2.05 bits per heavy atom. The van der Waals surface area contributed by atoms with Gasteiger partial charge in [-0.3, -0.25) is 0 Å². The van der Waals surface area contributed by atoms with E-state index in [9.17, 15) is 0 Å². The number of aryl methyl sites for hydroxylation is 1. The number of rotatable bonds is 2. The van der Waals surface area contributed by atoms with Crippen molar-refractivity contribution in [2.75, 3.05) is 36.0 Å². The number of thiazole rings is 1. The van der Waals surface area contributed by atoms with E-state index in [4.69, 9.17) is 16.9 Å². The third-order valence-corrected chi connectivity index (χ3v) is 4.92. The fourth-order valence-corrected chi connectivity index (χ4v) is 3.67. The Morgan fingerprint density at radius 1 is 1.27 bits per heavy atom. The van der Waals surface area contributed by atoms with Gasteiger partial charge in [0, 0.05) is 37.8 Å². The number of halogens is 1. The van der Waals surface area contributed by atoms with Crippen molar-refractivity contribution >= 4 is 33.9 Å². The summed E-state index contributed by atoms with van der Waals surface area (Å²) in [5, 5.41) is 12.6. The van der Waals surface area contributed by atoms with E-state index in [0.717, 1.165) is 49.2 Å². The Bertz CT molecular complexity index is 708. The molecule has 1 aliphatic rings. The van der Waals surface area contributed by atoms with Crippen LogP contribution >= 0.6 is 22.9 Å². The first-order valence-corrected chi connectivity index (χ1v) is 8.41. The quantitative estimate of drug-likeness (QED) is 0.845. The van der Waals surface area contributed by atoms with E-state index in [1.807, 2.05) is 6.92 Å². The summed E-state index contributed by atoms with van der Waals surface area (Å²) in [5.41, 5.74) is 1.56. The van der Waals surface area contributed by atoms with Crippen LogP contribution in [0.2, 0.25) is 5.02 Å². The van der Waals surface area contributed by atoms with Crippen LogP contribution in [0.1, 0.15) is 17.7 Å².